The van der Waals surface area contributed by atoms with Crippen LogP contribution in [-0.2, 0) is 6.42 Å². The van der Waals surface area contributed by atoms with Gasteiger partial charge in [0.15, 0.2) is 5.78 Å². The molecule has 2 rings (SSSR count). The van der Waals surface area contributed by atoms with Crippen molar-refractivity contribution < 1.29 is 9.21 Å². The molecule has 2 N–H and O–H groups in total. The van der Waals surface area contributed by atoms with Crippen LogP contribution in [0.25, 0.3) is 0 Å². The van der Waals surface area contributed by atoms with Crippen molar-refractivity contribution >= 4 is 11.8 Å². The van der Waals surface area contributed by atoms with Crippen LogP contribution in [0.5, 0.6) is 0 Å². The quantitative estimate of drug-likeness (QED) is 0.596. The lowest BCUT2D eigenvalue weighted by molar-refractivity contribution is 0.0965. The number of hydrogen-bond donors (Lipinski definition) is 1. The minimum absolute atomic E-state index is 0.0479. The number of oxazole rings is 1. The van der Waals surface area contributed by atoms with Crippen molar-refractivity contribution in [1.82, 2.24) is 4.98 Å². The van der Waals surface area contributed by atoms with E-state index in [1.807, 2.05) is 0 Å². The van der Waals surface area contributed by atoms with Gasteiger partial charge in [-0.15, -0.1) is 0 Å². The first-order valence-electron chi connectivity index (χ1n) is 3.56. The van der Waals surface area contributed by atoms with Crippen LogP contribution >= 0.6 is 0 Å². The molecule has 0 radical (unpaired) electrons. The summed E-state index contributed by atoms with van der Waals surface area (Å²) in [4.78, 5) is 14.9. The third kappa shape index (κ3) is 0.906. The fraction of sp³-hybridized carbons (Fsp3) is 0.429. The van der Waals surface area contributed by atoms with Gasteiger partial charge in [0, 0.05) is 12.8 Å². The van der Waals surface area contributed by atoms with Crippen LogP contribution in [0.15, 0.2) is 4.42 Å². The Balaban J connectivity index is 2.52. The summed E-state index contributed by atoms with van der Waals surface area (Å²) in [6.45, 7) is 0. The minimum Gasteiger partial charge on any atom is -0.428 e. The fourth-order valence-corrected chi connectivity index (χ4v) is 1.29. The molecule has 4 heteroatoms. The lowest BCUT2D eigenvalue weighted by Gasteiger charge is -2.04. The van der Waals surface area contributed by atoms with Crippen LogP contribution in [0.3, 0.4) is 0 Å². The molecule has 0 amide bonds. The molecule has 0 aliphatic heterocycles. The van der Waals surface area contributed by atoms with Crippen molar-refractivity contribution in [1.29, 1.82) is 0 Å². The number of Topliss-reactive ketones (excluding diaryl/α,β-unsaturated/α-hetero) is 1. The summed E-state index contributed by atoms with van der Waals surface area (Å²) in [7, 11) is 0. The SMILES string of the molecule is Nc1nc2c(o1)CCCC2=O. The highest BCUT2D eigenvalue weighted by Gasteiger charge is 2.22. The van der Waals surface area contributed by atoms with E-state index in [1.54, 1.807) is 0 Å². The van der Waals surface area contributed by atoms with Crippen molar-refractivity contribution in [3.8, 4) is 0 Å². The van der Waals surface area contributed by atoms with Gasteiger partial charge in [-0.05, 0) is 6.42 Å². The molecule has 0 saturated carbocycles. The van der Waals surface area contributed by atoms with Crippen molar-refractivity contribution in [3.05, 3.63) is 11.5 Å². The van der Waals surface area contributed by atoms with Crippen LogP contribution in [-0.4, -0.2) is 10.8 Å². The third-order valence-electron chi connectivity index (χ3n) is 1.79. The molecule has 0 unspecified atom stereocenters. The molecule has 1 aliphatic rings. The average Bonchev–Trinajstić information content (AvgIpc) is 2.31. The summed E-state index contributed by atoms with van der Waals surface area (Å²) < 4.78 is 5.02. The number of ketones is 1. The molecule has 1 heterocycles. The molecule has 1 aliphatic carbocycles. The zero-order valence-electron chi connectivity index (χ0n) is 5.96. The second-order valence-electron chi connectivity index (χ2n) is 2.60. The molecular formula is C7H8N2O2. The van der Waals surface area contributed by atoms with Crippen molar-refractivity contribution in [2.24, 2.45) is 0 Å². The lowest BCUT2D eigenvalue weighted by atomic mass is 10.0. The minimum atomic E-state index is 0.0479. The van der Waals surface area contributed by atoms with Crippen LogP contribution in [0.4, 0.5) is 6.01 Å². The number of rotatable bonds is 0. The van der Waals surface area contributed by atoms with E-state index in [0.717, 1.165) is 12.8 Å². The number of nitrogen functional groups attached to an aromatic ring is 1. The third-order valence-corrected chi connectivity index (χ3v) is 1.79. The van der Waals surface area contributed by atoms with E-state index >= 15 is 0 Å². The largest absolute Gasteiger partial charge is 0.428 e. The van der Waals surface area contributed by atoms with E-state index in [2.05, 4.69) is 4.98 Å². The van der Waals surface area contributed by atoms with Crippen LogP contribution in [0, 0.1) is 0 Å². The molecule has 1 aromatic heterocycles. The molecule has 0 aromatic carbocycles. The normalized spacial score (nSPS) is 16.5. The Hall–Kier alpha value is -1.32. The van der Waals surface area contributed by atoms with E-state index in [4.69, 9.17) is 10.2 Å². The Morgan fingerprint density at radius 3 is 3.00 bits per heavy atom. The standard InChI is InChI=1S/C7H8N2O2/c8-7-9-6-4(10)2-1-3-5(6)11-7/h1-3H2,(H2,8,9). The topological polar surface area (TPSA) is 69.1 Å². The number of nitrogens with zero attached hydrogens (tertiary/aromatic N) is 1. The van der Waals surface area contributed by atoms with Gasteiger partial charge in [-0.1, -0.05) is 0 Å². The van der Waals surface area contributed by atoms with Gasteiger partial charge in [0.25, 0.3) is 6.01 Å². The zero-order valence-corrected chi connectivity index (χ0v) is 5.96. The summed E-state index contributed by atoms with van der Waals surface area (Å²) in [5.74, 6) is 0.699. The van der Waals surface area contributed by atoms with E-state index < -0.39 is 0 Å². The highest BCUT2D eigenvalue weighted by atomic mass is 16.4. The number of anilines is 1. The second kappa shape index (κ2) is 2.08. The Bertz CT molecular complexity index is 303. The summed E-state index contributed by atoms with van der Waals surface area (Å²) >= 11 is 0. The predicted octanol–water partition coefficient (Wildman–Crippen LogP) is 0.776. The van der Waals surface area contributed by atoms with Crippen LogP contribution in [0.2, 0.25) is 0 Å². The smallest absolute Gasteiger partial charge is 0.292 e. The van der Waals surface area contributed by atoms with E-state index in [0.29, 0.717) is 17.9 Å². The number of aryl methyl sites for hydroxylation is 1. The summed E-state index contributed by atoms with van der Waals surface area (Å²) in [6, 6.07) is 0.102. The van der Waals surface area contributed by atoms with Gasteiger partial charge in [0.1, 0.15) is 11.5 Å². The first kappa shape index (κ1) is 6.39. The van der Waals surface area contributed by atoms with Crippen molar-refractivity contribution in [2.45, 2.75) is 19.3 Å². The zero-order chi connectivity index (χ0) is 7.84. The summed E-state index contributed by atoms with van der Waals surface area (Å²) in [5.41, 5.74) is 5.73. The number of hydrogen-bond acceptors (Lipinski definition) is 4. The molecule has 58 valence electrons. The van der Waals surface area contributed by atoms with Gasteiger partial charge in [-0.2, -0.15) is 4.98 Å². The van der Waals surface area contributed by atoms with Crippen molar-refractivity contribution in [3.63, 3.8) is 0 Å². The number of aromatic nitrogens is 1. The van der Waals surface area contributed by atoms with Gasteiger partial charge >= 0.3 is 0 Å². The highest BCUT2D eigenvalue weighted by molar-refractivity contribution is 5.96. The fourth-order valence-electron chi connectivity index (χ4n) is 1.29. The maximum Gasteiger partial charge on any atom is 0.292 e. The Kier molecular flexibility index (Phi) is 1.21. The molecule has 0 spiro atoms. The maximum atomic E-state index is 11.1. The molecule has 4 nitrogen and oxygen atoms in total. The van der Waals surface area contributed by atoms with Crippen molar-refractivity contribution in [2.75, 3.05) is 5.73 Å². The van der Waals surface area contributed by atoms with Gasteiger partial charge in [0.05, 0.1) is 0 Å². The van der Waals surface area contributed by atoms with Gasteiger partial charge in [0.2, 0.25) is 0 Å². The van der Waals surface area contributed by atoms with Gasteiger partial charge in [-0.25, -0.2) is 0 Å². The molecule has 0 bridgehead atoms. The molecule has 11 heavy (non-hydrogen) atoms. The molecule has 0 fully saturated rings. The highest BCUT2D eigenvalue weighted by Crippen LogP contribution is 2.22. The number of fused-ring (bicyclic) bond motifs is 1. The van der Waals surface area contributed by atoms with E-state index in [1.165, 1.54) is 0 Å². The number of carbonyl (C=O) groups excluding carboxylic acids is 1. The van der Waals surface area contributed by atoms with Crippen LogP contribution in [0.1, 0.15) is 29.1 Å². The van der Waals surface area contributed by atoms with Gasteiger partial charge in [-0.3, -0.25) is 4.79 Å². The molecule has 0 atom stereocenters. The van der Waals surface area contributed by atoms with E-state index in [-0.39, 0.29) is 11.8 Å². The summed E-state index contributed by atoms with van der Waals surface area (Å²) in [5, 5.41) is 0. The first-order valence-corrected chi connectivity index (χ1v) is 3.56. The Labute approximate surface area is 63.4 Å². The second-order valence-corrected chi connectivity index (χ2v) is 2.60. The lowest BCUT2D eigenvalue weighted by Crippen LogP contribution is -2.09. The molecule has 0 saturated heterocycles. The Morgan fingerprint density at radius 2 is 2.27 bits per heavy atom. The summed E-state index contributed by atoms with van der Waals surface area (Å²) in [6.07, 6.45) is 2.20. The predicted molar refractivity (Wildman–Crippen MR) is 38.2 cm³/mol. The molecule has 1 aromatic rings. The van der Waals surface area contributed by atoms with Gasteiger partial charge < -0.3 is 10.2 Å². The monoisotopic (exact) mass is 152 g/mol. The first-order chi connectivity index (χ1) is 5.27. The van der Waals surface area contributed by atoms with Crippen LogP contribution < -0.4 is 5.73 Å². The number of carbonyl (C=O) groups is 1. The molecular weight excluding hydrogens is 144 g/mol. The Morgan fingerprint density at radius 1 is 1.45 bits per heavy atom. The average molecular weight is 152 g/mol. The van der Waals surface area contributed by atoms with E-state index in [9.17, 15) is 4.79 Å². The number of nitrogens with two attached hydrogens (primary N) is 1. The maximum absolute atomic E-state index is 11.1.